The number of nitrogens with zero attached hydrogens (tertiary/aromatic N) is 3. The average Bonchev–Trinajstić information content (AvgIpc) is 3.36. The van der Waals surface area contributed by atoms with Gasteiger partial charge in [-0.3, -0.25) is 14.2 Å². The summed E-state index contributed by atoms with van der Waals surface area (Å²) in [5.41, 5.74) is 2.07. The molecule has 16 heteroatoms. The third-order valence-electron chi connectivity index (χ3n) is 5.00. The minimum absolute atomic E-state index is 0. The van der Waals surface area contributed by atoms with Crippen LogP contribution in [-0.4, -0.2) is 88.8 Å². The third kappa shape index (κ3) is 9.05. The zero-order valence-corrected chi connectivity index (χ0v) is 26.7. The van der Waals surface area contributed by atoms with Gasteiger partial charge in [-0.1, -0.05) is 0 Å². The number of imidazole rings is 1. The zero-order chi connectivity index (χ0) is 27.7. The van der Waals surface area contributed by atoms with Gasteiger partial charge in [-0.15, -0.1) is 24.0 Å². The van der Waals surface area contributed by atoms with Crippen molar-refractivity contribution >= 4 is 75.4 Å². The first kappa shape index (κ1) is 35.6. The summed E-state index contributed by atoms with van der Waals surface area (Å²) in [6.07, 6.45) is 3.17. The second-order valence-corrected chi connectivity index (χ2v) is 8.84. The van der Waals surface area contributed by atoms with Gasteiger partial charge in [-0.25, -0.2) is 4.98 Å². The average molecular weight is 630 g/mol. The van der Waals surface area contributed by atoms with E-state index in [2.05, 4.69) is 24.7 Å². The molecule has 0 aliphatic rings. The molecule has 4 rings (SSSR count). The van der Waals surface area contributed by atoms with Gasteiger partial charge in [-0.2, -0.15) is 8.78 Å². The Morgan fingerprint density at radius 3 is 2.02 bits per heavy atom. The van der Waals surface area contributed by atoms with Crippen molar-refractivity contribution in [1.29, 1.82) is 0 Å². The molecule has 0 aliphatic carbocycles. The predicted octanol–water partition coefficient (Wildman–Crippen LogP) is 4.76. The molecule has 1 unspecified atom stereocenters. The second-order valence-electron chi connectivity index (χ2n) is 7.21. The first-order valence-corrected chi connectivity index (χ1v) is 12.7. The molecule has 0 saturated carbocycles. The van der Waals surface area contributed by atoms with Crippen molar-refractivity contribution in [2.24, 2.45) is 0 Å². The topological polar surface area (TPSA) is 118 Å². The second kappa shape index (κ2) is 17.4. The van der Waals surface area contributed by atoms with Crippen LogP contribution in [0.1, 0.15) is 11.4 Å². The van der Waals surface area contributed by atoms with E-state index in [0.29, 0.717) is 51.3 Å². The van der Waals surface area contributed by atoms with Crippen molar-refractivity contribution in [2.45, 2.75) is 23.4 Å². The number of benzene rings is 1. The van der Waals surface area contributed by atoms with Gasteiger partial charge in [0.15, 0.2) is 28.2 Å². The predicted molar refractivity (Wildman–Crippen MR) is 150 cm³/mol. The van der Waals surface area contributed by atoms with Gasteiger partial charge in [0, 0.05) is 60.2 Å². The number of halogens is 4. The van der Waals surface area contributed by atoms with Gasteiger partial charge in [0.05, 0.1) is 67.6 Å². The quantitative estimate of drug-likeness (QED) is 0.196. The molecule has 0 spiro atoms. The van der Waals surface area contributed by atoms with Gasteiger partial charge in [0.2, 0.25) is 0 Å². The van der Waals surface area contributed by atoms with Crippen molar-refractivity contribution in [3.8, 4) is 28.7 Å². The van der Waals surface area contributed by atoms with Gasteiger partial charge in [0.1, 0.15) is 11.4 Å². The molecule has 3 aromatic heterocycles. The minimum atomic E-state index is -2.92. The molecular formula is C24H26Cl2F2N4NaO6S. The Balaban J connectivity index is 0.000000486. The number of alkyl halides is 3. The van der Waals surface area contributed by atoms with E-state index in [1.165, 1.54) is 38.6 Å². The fraction of sp³-hybridized carbons (Fsp3) is 0.292. The Morgan fingerprint density at radius 1 is 0.925 bits per heavy atom. The van der Waals surface area contributed by atoms with Gasteiger partial charge in [0.25, 0.3) is 0 Å². The molecule has 0 saturated heterocycles. The summed E-state index contributed by atoms with van der Waals surface area (Å²) in [5, 5.41) is 0.195. The molecule has 3 heterocycles. The van der Waals surface area contributed by atoms with Gasteiger partial charge in [-0.05, 0) is 12.1 Å². The summed E-state index contributed by atoms with van der Waals surface area (Å²) in [5.74, 6) is 2.49. The smallest absolute Gasteiger partial charge is 0.387 e. The normalized spacial score (nSPS) is 10.9. The number of nitrogens with one attached hydrogen (secondary N) is 1. The van der Waals surface area contributed by atoms with Crippen LogP contribution in [0.25, 0.3) is 11.0 Å². The molecule has 0 fully saturated rings. The van der Waals surface area contributed by atoms with E-state index < -0.39 is 17.4 Å². The van der Waals surface area contributed by atoms with Crippen LogP contribution in [0.15, 0.2) is 47.9 Å². The Bertz CT molecular complexity index is 1380. The number of hydrogen-bond donors (Lipinski definition) is 1. The number of aromatic nitrogens is 4. The molecule has 1 atom stereocenters. The van der Waals surface area contributed by atoms with Crippen LogP contribution in [0.4, 0.5) is 8.78 Å². The number of fused-ring (bicyclic) bond motifs is 1. The standard InChI is InChI=1S/C16H15F2N3O4S.C8H10ClNO2.ClH.Na/c1-23-13-5-6-19-12(14(13)24-2)8-26(22)16-20-10-4-3-9(25-15(17)18)7-11(10)21-16;1-11-7-3-4-10-6(5-9)8(7)12-2;;/h3-7,15H,8H2,1-2H3,(H,20,21);3-4H,5H2,1-2H3;1H;. The van der Waals surface area contributed by atoms with E-state index in [1.54, 1.807) is 32.5 Å². The van der Waals surface area contributed by atoms with Gasteiger partial charge < -0.3 is 28.7 Å². The maximum absolute atomic E-state index is 12.6. The van der Waals surface area contributed by atoms with Crippen LogP contribution in [-0.2, 0) is 22.4 Å². The molecule has 10 nitrogen and oxygen atoms in total. The number of pyridine rings is 2. The van der Waals surface area contributed by atoms with E-state index in [4.69, 9.17) is 30.5 Å². The Morgan fingerprint density at radius 2 is 1.50 bits per heavy atom. The van der Waals surface area contributed by atoms with Crippen LogP contribution in [0, 0.1) is 0 Å². The number of aromatic amines is 1. The number of hydrogen-bond acceptors (Lipinski definition) is 9. The van der Waals surface area contributed by atoms with Crippen molar-refractivity contribution in [1.82, 2.24) is 19.9 Å². The fourth-order valence-corrected chi connectivity index (χ4v) is 4.55. The Labute approximate surface area is 265 Å². The summed E-state index contributed by atoms with van der Waals surface area (Å²) in [6.45, 7) is -2.92. The monoisotopic (exact) mass is 629 g/mol. The van der Waals surface area contributed by atoms with E-state index in [1.807, 2.05) is 0 Å². The molecular weight excluding hydrogens is 604 g/mol. The van der Waals surface area contributed by atoms with Crippen LogP contribution in [0.2, 0.25) is 0 Å². The molecule has 40 heavy (non-hydrogen) atoms. The van der Waals surface area contributed by atoms with E-state index in [0.717, 1.165) is 0 Å². The Hall–Kier alpha value is -2.42. The molecule has 0 bridgehead atoms. The minimum Gasteiger partial charge on any atom is -0.493 e. The van der Waals surface area contributed by atoms with Crippen LogP contribution in [0.5, 0.6) is 28.7 Å². The molecule has 213 valence electrons. The van der Waals surface area contributed by atoms with E-state index in [-0.39, 0.29) is 58.6 Å². The van der Waals surface area contributed by atoms with Crippen molar-refractivity contribution < 1.29 is 36.7 Å². The van der Waals surface area contributed by atoms with E-state index >= 15 is 0 Å². The first-order chi connectivity index (χ1) is 18.3. The molecule has 1 radical (unpaired) electrons. The molecule has 1 N–H and O–H groups in total. The van der Waals surface area contributed by atoms with Gasteiger partial charge >= 0.3 is 6.61 Å². The van der Waals surface area contributed by atoms with Crippen LogP contribution < -0.4 is 23.7 Å². The van der Waals surface area contributed by atoms with Crippen LogP contribution >= 0.6 is 24.0 Å². The Kier molecular flexibility index (Phi) is 15.5. The van der Waals surface area contributed by atoms with Crippen molar-refractivity contribution in [3.05, 3.63) is 54.1 Å². The van der Waals surface area contributed by atoms with Crippen molar-refractivity contribution in [2.75, 3.05) is 28.4 Å². The number of ether oxygens (including phenoxy) is 5. The summed E-state index contributed by atoms with van der Waals surface area (Å²) < 4.78 is 62.2. The third-order valence-corrected chi connectivity index (χ3v) is 6.41. The summed E-state index contributed by atoms with van der Waals surface area (Å²) in [6, 6.07) is 7.62. The maximum atomic E-state index is 12.6. The molecule has 0 amide bonds. The molecule has 4 aromatic rings. The summed E-state index contributed by atoms with van der Waals surface area (Å²) in [4.78, 5) is 15.3. The number of methoxy groups -OCH3 is 4. The summed E-state index contributed by atoms with van der Waals surface area (Å²) in [7, 11) is 4.55. The number of H-pyrrole nitrogens is 1. The maximum Gasteiger partial charge on any atom is 0.387 e. The molecule has 1 aromatic carbocycles. The number of rotatable bonds is 10. The SMILES string of the molecule is COc1ccnc(CCl)c1OC.COc1ccnc(CS(=O)c2nc3ccc(OC(F)F)cc3[nH]2)c1OC.Cl.[Na]. The molecule has 0 aliphatic heterocycles. The zero-order valence-electron chi connectivity index (χ0n) is 22.3. The van der Waals surface area contributed by atoms with E-state index in [9.17, 15) is 13.0 Å². The van der Waals surface area contributed by atoms with Crippen LogP contribution in [0.3, 0.4) is 0 Å². The van der Waals surface area contributed by atoms with Crippen molar-refractivity contribution in [3.63, 3.8) is 0 Å². The fourth-order valence-electron chi connectivity index (χ4n) is 3.34. The summed E-state index contributed by atoms with van der Waals surface area (Å²) >= 11 is 5.64. The first-order valence-electron chi connectivity index (χ1n) is 10.9. The largest absolute Gasteiger partial charge is 0.493 e.